The monoisotopic (exact) mass is 178 g/mol. The Morgan fingerprint density at radius 3 is 3.23 bits per heavy atom. The van der Waals surface area contributed by atoms with E-state index >= 15 is 0 Å². The zero-order chi connectivity index (χ0) is 9.10. The predicted octanol–water partition coefficient (Wildman–Crippen LogP) is 0.943. The molecule has 0 aliphatic carbocycles. The molecule has 1 aliphatic rings. The molecular weight excluding hydrogens is 164 g/mol. The van der Waals surface area contributed by atoms with Crippen LogP contribution in [0.15, 0.2) is 12.3 Å². The minimum absolute atomic E-state index is 0.355. The lowest BCUT2D eigenvalue weighted by molar-refractivity contribution is 0.605. The van der Waals surface area contributed by atoms with Gasteiger partial charge in [0, 0.05) is 13.2 Å². The van der Waals surface area contributed by atoms with E-state index in [1.807, 2.05) is 13.1 Å². The van der Waals surface area contributed by atoms with Crippen LogP contribution in [0.25, 0.3) is 0 Å². The molecule has 0 amide bonds. The zero-order valence-corrected chi connectivity index (χ0v) is 7.75. The van der Waals surface area contributed by atoms with Crippen molar-refractivity contribution in [3.8, 4) is 0 Å². The Labute approximate surface area is 77.8 Å². The second-order valence-electron chi connectivity index (χ2n) is 3.20. The maximum absolute atomic E-state index is 4.39. The SMILES string of the molecule is CNc1ccnc(C2CCCN2)n1. The van der Waals surface area contributed by atoms with Crippen molar-refractivity contribution in [1.29, 1.82) is 0 Å². The van der Waals surface area contributed by atoms with E-state index in [1.165, 1.54) is 6.42 Å². The largest absolute Gasteiger partial charge is 0.373 e. The lowest BCUT2D eigenvalue weighted by atomic mass is 10.2. The van der Waals surface area contributed by atoms with Gasteiger partial charge in [-0.25, -0.2) is 9.97 Å². The Morgan fingerprint density at radius 2 is 2.54 bits per heavy atom. The van der Waals surface area contributed by atoms with Gasteiger partial charge in [0.15, 0.2) is 0 Å². The summed E-state index contributed by atoms with van der Waals surface area (Å²) in [5.74, 6) is 1.79. The second-order valence-corrected chi connectivity index (χ2v) is 3.20. The first kappa shape index (κ1) is 8.44. The summed E-state index contributed by atoms with van der Waals surface area (Å²) in [4.78, 5) is 8.64. The third kappa shape index (κ3) is 1.78. The highest BCUT2D eigenvalue weighted by Gasteiger charge is 2.18. The van der Waals surface area contributed by atoms with Crippen molar-refractivity contribution in [3.63, 3.8) is 0 Å². The number of anilines is 1. The van der Waals surface area contributed by atoms with Gasteiger partial charge in [0.1, 0.15) is 11.6 Å². The molecular formula is C9H14N4. The van der Waals surface area contributed by atoms with Crippen LogP contribution in [-0.4, -0.2) is 23.6 Å². The van der Waals surface area contributed by atoms with Crippen molar-refractivity contribution in [1.82, 2.24) is 15.3 Å². The van der Waals surface area contributed by atoms with Gasteiger partial charge in [-0.1, -0.05) is 0 Å². The van der Waals surface area contributed by atoms with E-state index in [4.69, 9.17) is 0 Å². The third-order valence-corrected chi connectivity index (χ3v) is 2.30. The van der Waals surface area contributed by atoms with Crippen molar-refractivity contribution in [2.24, 2.45) is 0 Å². The molecule has 2 rings (SSSR count). The van der Waals surface area contributed by atoms with Gasteiger partial charge in [-0.2, -0.15) is 0 Å². The van der Waals surface area contributed by atoms with E-state index < -0.39 is 0 Å². The van der Waals surface area contributed by atoms with Crippen molar-refractivity contribution >= 4 is 5.82 Å². The molecule has 0 saturated carbocycles. The van der Waals surface area contributed by atoms with Crippen LogP contribution in [0.4, 0.5) is 5.82 Å². The number of hydrogen-bond donors (Lipinski definition) is 2. The summed E-state index contributed by atoms with van der Waals surface area (Å²) >= 11 is 0. The maximum Gasteiger partial charge on any atom is 0.147 e. The van der Waals surface area contributed by atoms with Gasteiger partial charge in [-0.05, 0) is 25.5 Å². The number of nitrogens with one attached hydrogen (secondary N) is 2. The molecule has 4 heteroatoms. The summed E-state index contributed by atoms with van der Waals surface area (Å²) in [6.07, 6.45) is 4.17. The molecule has 2 heterocycles. The van der Waals surface area contributed by atoms with E-state index in [1.54, 1.807) is 6.20 Å². The van der Waals surface area contributed by atoms with E-state index in [-0.39, 0.29) is 0 Å². The van der Waals surface area contributed by atoms with Crippen molar-refractivity contribution in [2.45, 2.75) is 18.9 Å². The Hall–Kier alpha value is -1.16. The molecule has 1 fully saturated rings. The minimum Gasteiger partial charge on any atom is -0.373 e. The fraction of sp³-hybridized carbons (Fsp3) is 0.556. The van der Waals surface area contributed by atoms with Crippen molar-refractivity contribution < 1.29 is 0 Å². The summed E-state index contributed by atoms with van der Waals surface area (Å²) < 4.78 is 0. The van der Waals surface area contributed by atoms with E-state index in [2.05, 4.69) is 20.6 Å². The first-order chi connectivity index (χ1) is 6.40. The van der Waals surface area contributed by atoms with Crippen molar-refractivity contribution in [3.05, 3.63) is 18.1 Å². The molecule has 1 saturated heterocycles. The molecule has 1 unspecified atom stereocenters. The van der Waals surface area contributed by atoms with E-state index in [0.29, 0.717) is 6.04 Å². The van der Waals surface area contributed by atoms with Gasteiger partial charge >= 0.3 is 0 Å². The molecule has 1 aromatic heterocycles. The average molecular weight is 178 g/mol. The second kappa shape index (κ2) is 3.70. The smallest absolute Gasteiger partial charge is 0.147 e. The van der Waals surface area contributed by atoms with Crippen LogP contribution in [0, 0.1) is 0 Å². The summed E-state index contributed by atoms with van der Waals surface area (Å²) in [5.41, 5.74) is 0. The van der Waals surface area contributed by atoms with Crippen LogP contribution in [-0.2, 0) is 0 Å². The lowest BCUT2D eigenvalue weighted by Crippen LogP contribution is -2.16. The standard InChI is InChI=1S/C9H14N4/c1-10-8-4-6-12-9(13-8)7-3-2-5-11-7/h4,6-7,11H,2-3,5H2,1H3,(H,10,12,13). The number of aromatic nitrogens is 2. The molecule has 1 atom stereocenters. The predicted molar refractivity (Wildman–Crippen MR) is 51.6 cm³/mol. The van der Waals surface area contributed by atoms with Gasteiger partial charge in [-0.15, -0.1) is 0 Å². The lowest BCUT2D eigenvalue weighted by Gasteiger charge is -2.08. The Bertz CT molecular complexity index is 281. The normalized spacial score (nSPS) is 21.8. The van der Waals surface area contributed by atoms with Gasteiger partial charge in [0.05, 0.1) is 6.04 Å². The molecule has 0 bridgehead atoms. The molecule has 0 aromatic carbocycles. The first-order valence-corrected chi connectivity index (χ1v) is 4.64. The Balaban J connectivity index is 2.18. The highest BCUT2D eigenvalue weighted by molar-refractivity contribution is 5.32. The topological polar surface area (TPSA) is 49.8 Å². The van der Waals surface area contributed by atoms with Gasteiger partial charge in [0.2, 0.25) is 0 Å². The molecule has 2 N–H and O–H groups in total. The minimum atomic E-state index is 0.355. The van der Waals surface area contributed by atoms with Crippen LogP contribution >= 0.6 is 0 Å². The van der Waals surface area contributed by atoms with Gasteiger partial charge in [0.25, 0.3) is 0 Å². The maximum atomic E-state index is 4.39. The summed E-state index contributed by atoms with van der Waals surface area (Å²) in [7, 11) is 1.87. The fourth-order valence-electron chi connectivity index (χ4n) is 1.59. The van der Waals surface area contributed by atoms with Gasteiger partial charge in [-0.3, -0.25) is 0 Å². The third-order valence-electron chi connectivity index (χ3n) is 2.30. The zero-order valence-electron chi connectivity index (χ0n) is 7.75. The average Bonchev–Trinajstić information content (AvgIpc) is 2.71. The van der Waals surface area contributed by atoms with Crippen LogP contribution in [0.3, 0.4) is 0 Å². The molecule has 13 heavy (non-hydrogen) atoms. The van der Waals surface area contributed by atoms with Crippen LogP contribution in [0.5, 0.6) is 0 Å². The summed E-state index contributed by atoms with van der Waals surface area (Å²) in [5, 5.41) is 6.38. The Kier molecular flexibility index (Phi) is 2.40. The Morgan fingerprint density at radius 1 is 1.62 bits per heavy atom. The summed E-state index contributed by atoms with van der Waals surface area (Å²) in [6, 6.07) is 2.23. The van der Waals surface area contributed by atoms with Crippen LogP contribution < -0.4 is 10.6 Å². The highest BCUT2D eigenvalue weighted by Crippen LogP contribution is 2.19. The molecule has 0 radical (unpaired) electrons. The molecule has 1 aliphatic heterocycles. The van der Waals surface area contributed by atoms with Gasteiger partial charge < -0.3 is 10.6 Å². The first-order valence-electron chi connectivity index (χ1n) is 4.64. The van der Waals surface area contributed by atoms with Crippen molar-refractivity contribution in [2.75, 3.05) is 18.9 Å². The quantitative estimate of drug-likeness (QED) is 0.707. The fourth-order valence-corrected chi connectivity index (χ4v) is 1.59. The number of hydrogen-bond acceptors (Lipinski definition) is 4. The highest BCUT2D eigenvalue weighted by atomic mass is 15.1. The number of rotatable bonds is 2. The molecule has 1 aromatic rings. The van der Waals surface area contributed by atoms with E-state index in [0.717, 1.165) is 24.6 Å². The van der Waals surface area contributed by atoms with Crippen LogP contribution in [0.2, 0.25) is 0 Å². The molecule has 0 spiro atoms. The van der Waals surface area contributed by atoms with E-state index in [9.17, 15) is 0 Å². The van der Waals surface area contributed by atoms with Crippen LogP contribution in [0.1, 0.15) is 24.7 Å². The number of nitrogens with zero attached hydrogens (tertiary/aromatic N) is 2. The molecule has 70 valence electrons. The summed E-state index contributed by atoms with van der Waals surface area (Å²) in [6.45, 7) is 1.08. The molecule has 4 nitrogen and oxygen atoms in total.